The molecule has 0 spiro atoms. The summed E-state index contributed by atoms with van der Waals surface area (Å²) in [6.45, 7) is 6.75. The summed E-state index contributed by atoms with van der Waals surface area (Å²) in [6.07, 6.45) is 3.29. The summed E-state index contributed by atoms with van der Waals surface area (Å²) in [5, 5.41) is 5.15. The molecule has 2 aromatic heterocycles. The first-order chi connectivity index (χ1) is 12.9. The van der Waals surface area contributed by atoms with E-state index >= 15 is 0 Å². The molecule has 0 N–H and O–H groups in total. The van der Waals surface area contributed by atoms with Gasteiger partial charge in [0.15, 0.2) is 17.2 Å². The zero-order valence-electron chi connectivity index (χ0n) is 15.9. The lowest BCUT2D eigenvalue weighted by molar-refractivity contribution is 0.0752. The van der Waals surface area contributed by atoms with Crippen LogP contribution in [0.3, 0.4) is 0 Å². The Kier molecular flexibility index (Phi) is 5.39. The van der Waals surface area contributed by atoms with Crippen LogP contribution in [-0.2, 0) is 6.54 Å². The third-order valence-corrected chi connectivity index (χ3v) is 4.43. The predicted molar refractivity (Wildman–Crippen MR) is 101 cm³/mol. The summed E-state index contributed by atoms with van der Waals surface area (Å²) < 4.78 is 20.7. The zero-order chi connectivity index (χ0) is 19.6. The monoisotopic (exact) mass is 370 g/mol. The van der Waals surface area contributed by atoms with Gasteiger partial charge in [0.2, 0.25) is 0 Å². The van der Waals surface area contributed by atoms with Crippen molar-refractivity contribution in [2.45, 2.75) is 33.4 Å². The van der Waals surface area contributed by atoms with Crippen molar-refractivity contribution in [3.63, 3.8) is 0 Å². The lowest BCUT2D eigenvalue weighted by atomic mass is 10.1. The Hall–Kier alpha value is -2.96. The van der Waals surface area contributed by atoms with E-state index in [0.29, 0.717) is 24.2 Å². The van der Waals surface area contributed by atoms with E-state index in [-0.39, 0.29) is 17.7 Å². The number of carbonyl (C=O) groups excluding carboxylic acids is 1. The molecule has 2 heterocycles. The molecule has 0 bridgehead atoms. The molecule has 0 fully saturated rings. The van der Waals surface area contributed by atoms with E-state index in [4.69, 9.17) is 4.74 Å². The largest absolute Gasteiger partial charge is 0.494 e. The molecule has 6 nitrogen and oxygen atoms in total. The van der Waals surface area contributed by atoms with Crippen molar-refractivity contribution in [2.75, 3.05) is 13.7 Å². The molecule has 0 radical (unpaired) electrons. The molecule has 1 aromatic carbocycles. The fourth-order valence-corrected chi connectivity index (χ4v) is 2.97. The van der Waals surface area contributed by atoms with Gasteiger partial charge < -0.3 is 9.64 Å². The highest BCUT2D eigenvalue weighted by Crippen LogP contribution is 2.21. The molecule has 0 saturated heterocycles. The van der Waals surface area contributed by atoms with Crippen molar-refractivity contribution in [1.29, 1.82) is 0 Å². The number of methoxy groups -OCH3 is 1. The van der Waals surface area contributed by atoms with Crippen LogP contribution >= 0.6 is 0 Å². The number of ether oxygens (including phenoxy) is 1. The Morgan fingerprint density at radius 2 is 2.07 bits per heavy atom. The first-order valence-corrected chi connectivity index (χ1v) is 8.89. The Bertz CT molecular complexity index is 968. The van der Waals surface area contributed by atoms with Gasteiger partial charge in [0.1, 0.15) is 0 Å². The van der Waals surface area contributed by atoms with Crippen molar-refractivity contribution in [3.8, 4) is 5.75 Å². The minimum Gasteiger partial charge on any atom is -0.494 e. The van der Waals surface area contributed by atoms with E-state index < -0.39 is 5.82 Å². The van der Waals surface area contributed by atoms with Gasteiger partial charge in [-0.25, -0.2) is 14.1 Å². The highest BCUT2D eigenvalue weighted by molar-refractivity contribution is 5.96. The summed E-state index contributed by atoms with van der Waals surface area (Å²) in [5.74, 6) is -0.409. The average molecular weight is 370 g/mol. The molecule has 0 saturated carbocycles. The second kappa shape index (κ2) is 7.73. The van der Waals surface area contributed by atoms with Gasteiger partial charge in [0.05, 0.1) is 18.9 Å². The van der Waals surface area contributed by atoms with Crippen LogP contribution in [0.15, 0.2) is 36.7 Å². The molecule has 1 amide bonds. The summed E-state index contributed by atoms with van der Waals surface area (Å²) in [6, 6.07) is 6.70. The van der Waals surface area contributed by atoms with Gasteiger partial charge in [-0.15, -0.1) is 0 Å². The molecule has 3 rings (SSSR count). The van der Waals surface area contributed by atoms with Gasteiger partial charge in [-0.05, 0) is 44.5 Å². The van der Waals surface area contributed by atoms with Gasteiger partial charge in [0, 0.05) is 30.7 Å². The van der Waals surface area contributed by atoms with Gasteiger partial charge in [-0.2, -0.15) is 5.10 Å². The van der Waals surface area contributed by atoms with Gasteiger partial charge in [0.25, 0.3) is 5.91 Å². The number of hydrogen-bond acceptors (Lipinski definition) is 4. The smallest absolute Gasteiger partial charge is 0.255 e. The number of hydrogen-bond donors (Lipinski definition) is 0. The predicted octanol–water partition coefficient (Wildman–Crippen LogP) is 3.82. The molecule has 7 heteroatoms. The fourth-order valence-electron chi connectivity index (χ4n) is 2.97. The van der Waals surface area contributed by atoms with Crippen molar-refractivity contribution in [3.05, 3.63) is 53.6 Å². The highest BCUT2D eigenvalue weighted by Gasteiger charge is 2.18. The second-order valence-corrected chi connectivity index (χ2v) is 6.61. The summed E-state index contributed by atoms with van der Waals surface area (Å²) in [7, 11) is 1.42. The van der Waals surface area contributed by atoms with E-state index in [2.05, 4.69) is 10.1 Å². The van der Waals surface area contributed by atoms with E-state index in [0.717, 1.165) is 11.0 Å². The van der Waals surface area contributed by atoms with Crippen molar-refractivity contribution in [1.82, 2.24) is 19.7 Å². The number of aromatic nitrogens is 3. The number of halogens is 1. The third kappa shape index (κ3) is 3.77. The normalized spacial score (nSPS) is 11.2. The molecule has 0 atom stereocenters. The Labute approximate surface area is 157 Å². The maximum absolute atomic E-state index is 13.9. The first-order valence-electron chi connectivity index (χ1n) is 8.89. The zero-order valence-corrected chi connectivity index (χ0v) is 15.9. The third-order valence-electron chi connectivity index (χ3n) is 4.43. The summed E-state index contributed by atoms with van der Waals surface area (Å²) in [5.41, 5.74) is 1.94. The van der Waals surface area contributed by atoms with Crippen LogP contribution in [0.25, 0.3) is 11.0 Å². The minimum atomic E-state index is -0.442. The van der Waals surface area contributed by atoms with E-state index in [1.54, 1.807) is 35.5 Å². The molecule has 0 aliphatic rings. The Morgan fingerprint density at radius 3 is 2.70 bits per heavy atom. The number of nitrogens with zero attached hydrogens (tertiary/aromatic N) is 4. The highest BCUT2D eigenvalue weighted by atomic mass is 19.1. The van der Waals surface area contributed by atoms with Crippen molar-refractivity contribution in [2.24, 2.45) is 0 Å². The molecule has 0 aliphatic carbocycles. The SMILES string of the molecule is CCN(Cc1ccc(OC)c(F)c1)C(=O)c1cnc2c(cnn2C(C)C)c1. The Balaban J connectivity index is 1.84. The van der Waals surface area contributed by atoms with Crippen molar-refractivity contribution < 1.29 is 13.9 Å². The lowest BCUT2D eigenvalue weighted by Crippen LogP contribution is -2.30. The van der Waals surface area contributed by atoms with Crippen LogP contribution in [0, 0.1) is 5.82 Å². The molecule has 3 aromatic rings. The molecular formula is C20H23FN4O2. The number of carbonyl (C=O) groups is 1. The van der Waals surface area contributed by atoms with Crippen LogP contribution in [0.1, 0.15) is 42.7 Å². The fraction of sp³-hybridized carbons (Fsp3) is 0.350. The topological polar surface area (TPSA) is 60.2 Å². The standard InChI is InChI=1S/C20H23FN4O2/c1-5-24(12-14-6-7-18(27-4)17(21)8-14)20(26)16-9-15-11-23-25(13(2)3)19(15)22-10-16/h6-11,13H,5,12H2,1-4H3. The minimum absolute atomic E-state index is 0.152. The average Bonchev–Trinajstić information content (AvgIpc) is 3.09. The maximum Gasteiger partial charge on any atom is 0.255 e. The first kappa shape index (κ1) is 18.8. The van der Waals surface area contributed by atoms with Crippen LogP contribution in [0.2, 0.25) is 0 Å². The summed E-state index contributed by atoms with van der Waals surface area (Å²) >= 11 is 0. The molecule has 0 aliphatic heterocycles. The van der Waals surface area contributed by atoms with Gasteiger partial charge >= 0.3 is 0 Å². The molecule has 27 heavy (non-hydrogen) atoms. The van der Waals surface area contributed by atoms with Crippen molar-refractivity contribution >= 4 is 16.9 Å². The quantitative estimate of drug-likeness (QED) is 0.662. The van der Waals surface area contributed by atoms with Gasteiger partial charge in [-0.1, -0.05) is 6.07 Å². The van der Waals surface area contributed by atoms with Gasteiger partial charge in [-0.3, -0.25) is 4.79 Å². The number of pyridine rings is 1. The van der Waals surface area contributed by atoms with Crippen LogP contribution in [0.4, 0.5) is 4.39 Å². The molecular weight excluding hydrogens is 347 g/mol. The number of amides is 1. The summed E-state index contributed by atoms with van der Waals surface area (Å²) in [4.78, 5) is 19.0. The van der Waals surface area contributed by atoms with Crippen LogP contribution in [0.5, 0.6) is 5.75 Å². The number of fused-ring (bicyclic) bond motifs is 1. The maximum atomic E-state index is 13.9. The van der Waals surface area contributed by atoms with E-state index in [1.807, 2.05) is 25.5 Å². The Morgan fingerprint density at radius 1 is 1.30 bits per heavy atom. The number of benzene rings is 1. The molecule has 142 valence electrons. The van der Waals surface area contributed by atoms with E-state index in [1.165, 1.54) is 13.2 Å². The van der Waals surface area contributed by atoms with Crippen LogP contribution in [-0.4, -0.2) is 39.2 Å². The second-order valence-electron chi connectivity index (χ2n) is 6.61. The molecule has 0 unspecified atom stereocenters. The van der Waals surface area contributed by atoms with Crippen LogP contribution < -0.4 is 4.74 Å². The number of rotatable bonds is 6. The van der Waals surface area contributed by atoms with E-state index in [9.17, 15) is 9.18 Å². The lowest BCUT2D eigenvalue weighted by Gasteiger charge is -2.21.